The van der Waals surface area contributed by atoms with Crippen molar-refractivity contribution in [3.63, 3.8) is 0 Å². The lowest BCUT2D eigenvalue weighted by Gasteiger charge is -2.26. The molecule has 0 saturated heterocycles. The summed E-state index contributed by atoms with van der Waals surface area (Å²) in [4.78, 5) is 14.1. The van der Waals surface area contributed by atoms with Crippen LogP contribution in [0.4, 0.5) is 10.5 Å². The highest BCUT2D eigenvalue weighted by Crippen LogP contribution is 2.21. The first-order valence-corrected chi connectivity index (χ1v) is 8.07. The van der Waals surface area contributed by atoms with Crippen LogP contribution >= 0.6 is 0 Å². The molecule has 2 aromatic carbocycles. The molecule has 25 heavy (non-hydrogen) atoms. The van der Waals surface area contributed by atoms with Crippen LogP contribution in [0.5, 0.6) is 5.75 Å². The first-order valence-electron chi connectivity index (χ1n) is 8.07. The number of ether oxygens (including phenoxy) is 2. The van der Waals surface area contributed by atoms with Crippen molar-refractivity contribution < 1.29 is 14.3 Å². The fourth-order valence-corrected chi connectivity index (χ4v) is 2.08. The van der Waals surface area contributed by atoms with Gasteiger partial charge in [0.25, 0.3) is 0 Å². The van der Waals surface area contributed by atoms with Crippen LogP contribution in [0.2, 0.25) is 0 Å². The third kappa shape index (κ3) is 5.89. The number of hydrogen-bond donors (Lipinski definition) is 0. The molecule has 0 aromatic heterocycles. The van der Waals surface area contributed by atoms with Gasteiger partial charge in [-0.2, -0.15) is 0 Å². The minimum atomic E-state index is -0.575. The molecule has 0 bridgehead atoms. The van der Waals surface area contributed by atoms with Crippen LogP contribution in [0.1, 0.15) is 26.3 Å². The molecule has 2 rings (SSSR count). The van der Waals surface area contributed by atoms with Crippen molar-refractivity contribution in [1.82, 2.24) is 0 Å². The highest BCUT2D eigenvalue weighted by atomic mass is 16.6. The Kier molecular flexibility index (Phi) is 6.08. The summed E-state index contributed by atoms with van der Waals surface area (Å²) in [6.07, 6.45) is -0.431. The molecule has 0 aliphatic rings. The first-order chi connectivity index (χ1) is 11.9. The van der Waals surface area contributed by atoms with Gasteiger partial charge in [-0.3, -0.25) is 4.90 Å². The zero-order valence-electron chi connectivity index (χ0n) is 15.1. The third-order valence-corrected chi connectivity index (χ3v) is 3.24. The highest BCUT2D eigenvalue weighted by molar-refractivity contribution is 5.88. The quantitative estimate of drug-likeness (QED) is 0.775. The van der Waals surface area contributed by atoms with Gasteiger partial charge in [-0.05, 0) is 57.2 Å². The minimum Gasteiger partial charge on any atom is -0.497 e. The molecule has 0 N–H and O–H groups in total. The molecule has 4 nitrogen and oxygen atoms in total. The van der Waals surface area contributed by atoms with Gasteiger partial charge in [0.05, 0.1) is 13.7 Å². The standard InChI is InChI=1S/C21H23NO3/c1-21(2,3)25-20(23)22(18-12-14-19(24-4)15-13-18)16-8-11-17-9-6-5-7-10-17/h5-7,9-10,12-15H,16H2,1-4H3. The molecule has 1 amide bonds. The maximum absolute atomic E-state index is 12.6. The van der Waals surface area contributed by atoms with E-state index in [-0.39, 0.29) is 6.54 Å². The number of amides is 1. The van der Waals surface area contributed by atoms with E-state index in [2.05, 4.69) is 11.8 Å². The van der Waals surface area contributed by atoms with Gasteiger partial charge in [0.15, 0.2) is 0 Å². The lowest BCUT2D eigenvalue weighted by molar-refractivity contribution is 0.0585. The summed E-state index contributed by atoms with van der Waals surface area (Å²) in [5.41, 5.74) is 1.04. The third-order valence-electron chi connectivity index (χ3n) is 3.24. The Balaban J connectivity index is 2.22. The lowest BCUT2D eigenvalue weighted by Crippen LogP contribution is -2.37. The molecule has 0 spiro atoms. The summed E-state index contributed by atoms with van der Waals surface area (Å²) < 4.78 is 10.7. The second-order valence-corrected chi connectivity index (χ2v) is 6.43. The number of carbonyl (C=O) groups is 1. The van der Waals surface area contributed by atoms with Gasteiger partial charge < -0.3 is 9.47 Å². The summed E-state index contributed by atoms with van der Waals surface area (Å²) in [7, 11) is 1.60. The van der Waals surface area contributed by atoms with Crippen LogP contribution in [0.15, 0.2) is 54.6 Å². The Morgan fingerprint density at radius 1 is 1.04 bits per heavy atom. The molecule has 0 fully saturated rings. The van der Waals surface area contributed by atoms with Crippen LogP contribution in [-0.4, -0.2) is 25.3 Å². The second-order valence-electron chi connectivity index (χ2n) is 6.43. The number of hydrogen-bond acceptors (Lipinski definition) is 3. The molecule has 130 valence electrons. The normalized spacial score (nSPS) is 10.4. The van der Waals surface area contributed by atoms with Crippen LogP contribution in [-0.2, 0) is 4.74 Å². The number of methoxy groups -OCH3 is 1. The van der Waals surface area contributed by atoms with Crippen LogP contribution in [0.3, 0.4) is 0 Å². The lowest BCUT2D eigenvalue weighted by atomic mass is 10.2. The Morgan fingerprint density at radius 3 is 2.24 bits per heavy atom. The fourth-order valence-electron chi connectivity index (χ4n) is 2.08. The maximum Gasteiger partial charge on any atom is 0.415 e. The number of nitrogens with zero attached hydrogens (tertiary/aromatic N) is 1. The predicted octanol–water partition coefficient (Wildman–Crippen LogP) is 4.49. The summed E-state index contributed by atoms with van der Waals surface area (Å²) in [5.74, 6) is 6.83. The van der Waals surface area contributed by atoms with Crippen molar-refractivity contribution in [2.45, 2.75) is 26.4 Å². The molecule has 0 aliphatic carbocycles. The van der Waals surface area contributed by atoms with Gasteiger partial charge in [0, 0.05) is 11.3 Å². The summed E-state index contributed by atoms with van der Waals surface area (Å²) in [6.45, 7) is 5.75. The van der Waals surface area contributed by atoms with E-state index in [4.69, 9.17) is 9.47 Å². The van der Waals surface area contributed by atoms with Crippen molar-refractivity contribution in [2.75, 3.05) is 18.6 Å². The van der Waals surface area contributed by atoms with E-state index in [0.29, 0.717) is 5.69 Å². The van der Waals surface area contributed by atoms with Gasteiger partial charge in [-0.1, -0.05) is 30.0 Å². The molecular formula is C21H23NO3. The Hall–Kier alpha value is -2.93. The van der Waals surface area contributed by atoms with E-state index in [0.717, 1.165) is 11.3 Å². The average Bonchev–Trinajstić information content (AvgIpc) is 2.58. The predicted molar refractivity (Wildman–Crippen MR) is 99.9 cm³/mol. The molecule has 4 heteroatoms. The second kappa shape index (κ2) is 8.25. The van der Waals surface area contributed by atoms with Crippen molar-refractivity contribution in [3.8, 4) is 17.6 Å². The SMILES string of the molecule is COc1ccc(N(CC#Cc2ccccc2)C(=O)OC(C)(C)C)cc1. The van der Waals surface area contributed by atoms with E-state index in [9.17, 15) is 4.79 Å². The smallest absolute Gasteiger partial charge is 0.415 e. The number of carbonyl (C=O) groups excluding carboxylic acids is 1. The Labute approximate surface area is 149 Å². The molecule has 0 saturated carbocycles. The fraction of sp³-hybridized carbons (Fsp3) is 0.286. The molecule has 2 aromatic rings. The van der Waals surface area contributed by atoms with Crippen LogP contribution in [0.25, 0.3) is 0 Å². The van der Waals surface area contributed by atoms with E-state index >= 15 is 0 Å². The van der Waals surface area contributed by atoms with E-state index in [1.165, 1.54) is 4.90 Å². The number of rotatable bonds is 3. The van der Waals surface area contributed by atoms with Gasteiger partial charge >= 0.3 is 6.09 Å². The van der Waals surface area contributed by atoms with Gasteiger partial charge in [0.1, 0.15) is 11.4 Å². The van der Waals surface area contributed by atoms with Gasteiger partial charge in [-0.25, -0.2) is 4.79 Å². The zero-order valence-corrected chi connectivity index (χ0v) is 15.1. The molecule has 0 unspecified atom stereocenters. The van der Waals surface area contributed by atoms with E-state index in [1.807, 2.05) is 63.2 Å². The van der Waals surface area contributed by atoms with Crippen molar-refractivity contribution in [1.29, 1.82) is 0 Å². The van der Waals surface area contributed by atoms with Crippen LogP contribution < -0.4 is 9.64 Å². The monoisotopic (exact) mass is 337 g/mol. The van der Waals surface area contributed by atoms with Crippen molar-refractivity contribution in [3.05, 3.63) is 60.2 Å². The van der Waals surface area contributed by atoms with E-state index < -0.39 is 11.7 Å². The Bertz CT molecular complexity index is 750. The average molecular weight is 337 g/mol. The summed E-state index contributed by atoms with van der Waals surface area (Å²) in [6, 6.07) is 16.9. The number of benzene rings is 2. The van der Waals surface area contributed by atoms with Crippen LogP contribution in [0, 0.1) is 11.8 Å². The van der Waals surface area contributed by atoms with Crippen molar-refractivity contribution >= 4 is 11.8 Å². The van der Waals surface area contributed by atoms with E-state index in [1.54, 1.807) is 19.2 Å². The van der Waals surface area contributed by atoms with Gasteiger partial charge in [-0.15, -0.1) is 0 Å². The molecular weight excluding hydrogens is 314 g/mol. The molecule has 0 aliphatic heterocycles. The zero-order chi connectivity index (χ0) is 18.3. The topological polar surface area (TPSA) is 38.8 Å². The largest absolute Gasteiger partial charge is 0.497 e. The summed E-state index contributed by atoms with van der Waals surface area (Å²) in [5, 5.41) is 0. The highest BCUT2D eigenvalue weighted by Gasteiger charge is 2.22. The minimum absolute atomic E-state index is 0.232. The molecule has 0 radical (unpaired) electrons. The summed E-state index contributed by atoms with van der Waals surface area (Å²) >= 11 is 0. The van der Waals surface area contributed by atoms with Gasteiger partial charge in [0.2, 0.25) is 0 Å². The molecule has 0 heterocycles. The molecule has 0 atom stereocenters. The Morgan fingerprint density at radius 2 is 1.68 bits per heavy atom. The number of anilines is 1. The maximum atomic E-state index is 12.6. The first kappa shape index (κ1) is 18.4. The van der Waals surface area contributed by atoms with Crippen molar-refractivity contribution in [2.24, 2.45) is 0 Å².